The van der Waals surface area contributed by atoms with E-state index in [1.807, 2.05) is 12.1 Å². The van der Waals surface area contributed by atoms with E-state index >= 15 is 0 Å². The van der Waals surface area contributed by atoms with Crippen LogP contribution in [0.5, 0.6) is 0 Å². The molecule has 1 aromatic carbocycles. The smallest absolute Gasteiger partial charge is 0.249 e. The van der Waals surface area contributed by atoms with Gasteiger partial charge in [0.1, 0.15) is 19.0 Å². The summed E-state index contributed by atoms with van der Waals surface area (Å²) in [6, 6.07) is 9.87. The van der Waals surface area contributed by atoms with Gasteiger partial charge in [0, 0.05) is 45.4 Å². The Bertz CT molecular complexity index is 920. The normalized spacial score (nSPS) is 14.1. The topological polar surface area (TPSA) is 78.9 Å². The van der Waals surface area contributed by atoms with E-state index in [1.165, 1.54) is 24.1 Å². The first-order chi connectivity index (χ1) is 15.5. The first kappa shape index (κ1) is 23.3. The molecule has 8 nitrogen and oxygen atoms in total. The number of ether oxygens (including phenoxy) is 1. The van der Waals surface area contributed by atoms with E-state index in [-0.39, 0.29) is 30.8 Å². The van der Waals surface area contributed by atoms with E-state index in [2.05, 4.69) is 21.7 Å². The first-order valence-corrected chi connectivity index (χ1v) is 10.5. The van der Waals surface area contributed by atoms with Crippen LogP contribution >= 0.6 is 0 Å². The molecule has 0 saturated carbocycles. The summed E-state index contributed by atoms with van der Waals surface area (Å²) >= 11 is 0. The minimum atomic E-state index is -0.294. The Morgan fingerprint density at radius 3 is 2.56 bits per heavy atom. The van der Waals surface area contributed by atoms with Gasteiger partial charge in [-0.15, -0.1) is 16.8 Å². The molecule has 0 N–H and O–H groups in total. The van der Waals surface area contributed by atoms with Gasteiger partial charge in [-0.05, 0) is 42.8 Å². The maximum absolute atomic E-state index is 13.1. The Hall–Kier alpha value is -3.33. The van der Waals surface area contributed by atoms with Gasteiger partial charge in [0.2, 0.25) is 11.8 Å². The number of anilines is 1. The van der Waals surface area contributed by atoms with Crippen molar-refractivity contribution in [3.05, 3.63) is 54.9 Å². The van der Waals surface area contributed by atoms with Crippen LogP contribution in [0.2, 0.25) is 0 Å². The van der Waals surface area contributed by atoms with Gasteiger partial charge in [0.05, 0.1) is 5.69 Å². The number of benzene rings is 1. The minimum Gasteiger partial charge on any atom is -0.375 e. The Morgan fingerprint density at radius 1 is 1.12 bits per heavy atom. The molecule has 2 amide bonds. The molecule has 9 heteroatoms. The number of carbonyl (C=O) groups is 2. The van der Waals surface area contributed by atoms with Gasteiger partial charge in [-0.25, -0.2) is 4.39 Å². The van der Waals surface area contributed by atoms with Crippen molar-refractivity contribution in [2.24, 2.45) is 0 Å². The van der Waals surface area contributed by atoms with Crippen molar-refractivity contribution >= 4 is 17.6 Å². The zero-order valence-electron chi connectivity index (χ0n) is 18.2. The average Bonchev–Trinajstić information content (AvgIpc) is 3.06. The van der Waals surface area contributed by atoms with Crippen LogP contribution in [0.3, 0.4) is 0 Å². The van der Waals surface area contributed by atoms with Crippen molar-refractivity contribution in [3.63, 3.8) is 0 Å². The summed E-state index contributed by atoms with van der Waals surface area (Å²) in [7, 11) is 1.45. The summed E-state index contributed by atoms with van der Waals surface area (Å²) in [4.78, 5) is 30.3. The lowest BCUT2D eigenvalue weighted by Gasteiger charge is -2.26. The van der Waals surface area contributed by atoms with Crippen molar-refractivity contribution in [3.8, 4) is 11.3 Å². The predicted molar refractivity (Wildman–Crippen MR) is 119 cm³/mol. The zero-order valence-corrected chi connectivity index (χ0v) is 18.2. The molecule has 1 aliphatic rings. The largest absolute Gasteiger partial charge is 0.375 e. The standard InChI is InChI=1S/C23H28FN5O3/c1-3-11-29(23(31)17-32-2)16-22(30)28-13-4-12-27(14-15-28)21-10-9-20(25-26-21)18-5-7-19(24)8-6-18/h3,5-10H,1,4,11-17H2,2H3. The molecule has 2 aromatic rings. The van der Waals surface area contributed by atoms with Gasteiger partial charge < -0.3 is 19.4 Å². The average molecular weight is 442 g/mol. The first-order valence-electron chi connectivity index (χ1n) is 10.5. The van der Waals surface area contributed by atoms with E-state index in [1.54, 1.807) is 23.1 Å². The molecule has 32 heavy (non-hydrogen) atoms. The van der Waals surface area contributed by atoms with Crippen molar-refractivity contribution in [1.82, 2.24) is 20.0 Å². The van der Waals surface area contributed by atoms with E-state index in [0.717, 1.165) is 24.3 Å². The third kappa shape index (κ3) is 6.10. The Balaban J connectivity index is 1.59. The molecule has 170 valence electrons. The van der Waals surface area contributed by atoms with E-state index in [9.17, 15) is 14.0 Å². The van der Waals surface area contributed by atoms with Crippen LogP contribution < -0.4 is 4.90 Å². The van der Waals surface area contributed by atoms with Crippen molar-refractivity contribution < 1.29 is 18.7 Å². The number of amides is 2. The molecule has 1 aromatic heterocycles. The lowest BCUT2D eigenvalue weighted by Crippen LogP contribution is -2.45. The molecular formula is C23H28FN5O3. The Kier molecular flexibility index (Phi) is 8.27. The number of hydrogen-bond acceptors (Lipinski definition) is 6. The molecule has 1 fully saturated rings. The van der Waals surface area contributed by atoms with Crippen LogP contribution in [0.1, 0.15) is 6.42 Å². The van der Waals surface area contributed by atoms with E-state index in [0.29, 0.717) is 31.9 Å². The van der Waals surface area contributed by atoms with Gasteiger partial charge >= 0.3 is 0 Å². The lowest BCUT2D eigenvalue weighted by atomic mass is 10.1. The number of halogens is 1. The van der Waals surface area contributed by atoms with Crippen LogP contribution in [-0.4, -0.2) is 84.8 Å². The zero-order chi connectivity index (χ0) is 22.9. The molecule has 0 bridgehead atoms. The highest BCUT2D eigenvalue weighted by molar-refractivity contribution is 5.85. The van der Waals surface area contributed by atoms with Crippen molar-refractivity contribution in [1.29, 1.82) is 0 Å². The Labute approximate surface area is 187 Å². The minimum absolute atomic E-state index is 0.000383. The fourth-order valence-corrected chi connectivity index (χ4v) is 3.55. The second kappa shape index (κ2) is 11.3. The summed E-state index contributed by atoms with van der Waals surface area (Å²) < 4.78 is 18.0. The monoisotopic (exact) mass is 441 g/mol. The molecule has 0 spiro atoms. The van der Waals surface area contributed by atoms with Crippen molar-refractivity contribution in [2.75, 3.05) is 57.9 Å². The van der Waals surface area contributed by atoms with Gasteiger partial charge in [0.25, 0.3) is 0 Å². The molecule has 1 saturated heterocycles. The van der Waals surface area contributed by atoms with Crippen molar-refractivity contribution in [2.45, 2.75) is 6.42 Å². The number of aromatic nitrogens is 2. The predicted octanol–water partition coefficient (Wildman–Crippen LogP) is 1.98. The molecule has 0 atom stereocenters. The fraction of sp³-hybridized carbons (Fsp3) is 0.391. The second-order valence-electron chi connectivity index (χ2n) is 7.50. The number of carbonyl (C=O) groups excluding carboxylic acids is 2. The van der Waals surface area contributed by atoms with Gasteiger partial charge in [-0.2, -0.15) is 0 Å². The van der Waals surface area contributed by atoms with Gasteiger partial charge in [-0.3, -0.25) is 9.59 Å². The summed E-state index contributed by atoms with van der Waals surface area (Å²) in [5.41, 5.74) is 1.47. The number of methoxy groups -OCH3 is 1. The quantitative estimate of drug-likeness (QED) is 0.583. The highest BCUT2D eigenvalue weighted by atomic mass is 19.1. The molecule has 2 heterocycles. The van der Waals surface area contributed by atoms with Crippen LogP contribution in [-0.2, 0) is 14.3 Å². The van der Waals surface area contributed by atoms with Gasteiger partial charge in [0.15, 0.2) is 5.82 Å². The second-order valence-corrected chi connectivity index (χ2v) is 7.50. The van der Waals surface area contributed by atoms with Crippen LogP contribution in [0.4, 0.5) is 10.2 Å². The third-order valence-corrected chi connectivity index (χ3v) is 5.26. The van der Waals surface area contributed by atoms with E-state index in [4.69, 9.17) is 4.74 Å². The SMILES string of the molecule is C=CCN(CC(=O)N1CCCN(c2ccc(-c3ccc(F)cc3)nn2)CC1)C(=O)COC. The highest BCUT2D eigenvalue weighted by Crippen LogP contribution is 2.20. The molecule has 1 aliphatic heterocycles. The number of nitrogens with zero attached hydrogens (tertiary/aromatic N) is 5. The number of rotatable bonds is 8. The highest BCUT2D eigenvalue weighted by Gasteiger charge is 2.23. The molecule has 0 radical (unpaired) electrons. The lowest BCUT2D eigenvalue weighted by molar-refractivity contribution is -0.142. The summed E-state index contributed by atoms with van der Waals surface area (Å²) in [5, 5.41) is 8.61. The van der Waals surface area contributed by atoms with Crippen LogP contribution in [0.15, 0.2) is 49.1 Å². The fourth-order valence-electron chi connectivity index (χ4n) is 3.55. The maximum atomic E-state index is 13.1. The molecule has 0 aliphatic carbocycles. The molecular weight excluding hydrogens is 413 g/mol. The maximum Gasteiger partial charge on any atom is 0.249 e. The summed E-state index contributed by atoms with van der Waals surface area (Å²) in [6.45, 7) is 6.38. The summed E-state index contributed by atoms with van der Waals surface area (Å²) in [5.74, 6) is 0.0935. The molecule has 3 rings (SSSR count). The van der Waals surface area contributed by atoms with Crippen LogP contribution in [0, 0.1) is 5.82 Å². The summed E-state index contributed by atoms with van der Waals surface area (Å²) in [6.07, 6.45) is 2.37. The van der Waals surface area contributed by atoms with Gasteiger partial charge in [-0.1, -0.05) is 6.08 Å². The Morgan fingerprint density at radius 2 is 1.91 bits per heavy atom. The third-order valence-electron chi connectivity index (χ3n) is 5.26. The number of hydrogen-bond donors (Lipinski definition) is 0. The van der Waals surface area contributed by atoms with Crippen LogP contribution in [0.25, 0.3) is 11.3 Å². The van der Waals surface area contributed by atoms with E-state index < -0.39 is 0 Å². The molecule has 0 unspecified atom stereocenters.